The summed E-state index contributed by atoms with van der Waals surface area (Å²) < 4.78 is 0. The Hall–Kier alpha value is -0.530. The van der Waals surface area contributed by atoms with Gasteiger partial charge in [-0.1, -0.05) is 26.2 Å². The molecule has 0 heterocycles. The highest BCUT2D eigenvalue weighted by molar-refractivity contribution is 5.70. The lowest BCUT2D eigenvalue weighted by atomic mass is 9.62. The zero-order valence-corrected chi connectivity index (χ0v) is 8.20. The third-order valence-electron chi connectivity index (χ3n) is 4.16. The second-order valence-electron chi connectivity index (χ2n) is 4.82. The Morgan fingerprint density at radius 2 is 1.77 bits per heavy atom. The molecule has 2 rings (SSSR count). The van der Waals surface area contributed by atoms with E-state index in [1.807, 2.05) is 0 Å². The van der Waals surface area contributed by atoms with Crippen molar-refractivity contribution in [3.63, 3.8) is 0 Å². The van der Waals surface area contributed by atoms with Gasteiger partial charge in [0.1, 0.15) is 0 Å². The van der Waals surface area contributed by atoms with Crippen LogP contribution < -0.4 is 0 Å². The summed E-state index contributed by atoms with van der Waals surface area (Å²) in [5.74, 6) is 1.59. The standard InChI is InChI=1S/C11H18O2/c1-7-8-3-2-4-9(7)6-10(5-8)11(12)13/h7-10H,2-6H2,1H3,(H,12,13). The van der Waals surface area contributed by atoms with E-state index in [1.165, 1.54) is 19.3 Å². The van der Waals surface area contributed by atoms with Gasteiger partial charge in [-0.2, -0.15) is 0 Å². The maximum absolute atomic E-state index is 10.9. The molecule has 0 aromatic rings. The number of aliphatic carboxylic acids is 1. The molecule has 1 N–H and O–H groups in total. The van der Waals surface area contributed by atoms with Gasteiger partial charge in [0.15, 0.2) is 0 Å². The Bertz CT molecular complexity index is 198. The predicted octanol–water partition coefficient (Wildman–Crippen LogP) is 2.53. The molecule has 2 atom stereocenters. The van der Waals surface area contributed by atoms with Crippen LogP contribution in [0.2, 0.25) is 0 Å². The normalized spacial score (nSPS) is 44.4. The van der Waals surface area contributed by atoms with Crippen molar-refractivity contribution in [2.75, 3.05) is 0 Å². The lowest BCUT2D eigenvalue weighted by molar-refractivity contribution is -0.145. The molecule has 2 saturated carbocycles. The Balaban J connectivity index is 2.07. The van der Waals surface area contributed by atoms with E-state index in [2.05, 4.69) is 6.92 Å². The molecule has 0 saturated heterocycles. The van der Waals surface area contributed by atoms with Crippen molar-refractivity contribution >= 4 is 5.97 Å². The Labute approximate surface area is 79.3 Å². The van der Waals surface area contributed by atoms with Gasteiger partial charge < -0.3 is 5.11 Å². The average molecular weight is 182 g/mol. The molecule has 2 bridgehead atoms. The third-order valence-corrected chi connectivity index (χ3v) is 4.16. The lowest BCUT2D eigenvalue weighted by Crippen LogP contribution is -2.37. The van der Waals surface area contributed by atoms with Crippen LogP contribution in [-0.2, 0) is 4.79 Å². The fourth-order valence-corrected chi connectivity index (χ4v) is 3.25. The molecular weight excluding hydrogens is 164 g/mol. The minimum atomic E-state index is -0.566. The van der Waals surface area contributed by atoms with Gasteiger partial charge in [-0.15, -0.1) is 0 Å². The fraction of sp³-hybridized carbons (Fsp3) is 0.909. The van der Waals surface area contributed by atoms with E-state index in [1.54, 1.807) is 0 Å². The quantitative estimate of drug-likeness (QED) is 0.676. The topological polar surface area (TPSA) is 37.3 Å². The largest absolute Gasteiger partial charge is 0.481 e. The van der Waals surface area contributed by atoms with Crippen molar-refractivity contribution in [1.29, 1.82) is 0 Å². The first kappa shape index (κ1) is 9.04. The van der Waals surface area contributed by atoms with E-state index in [0.29, 0.717) is 11.8 Å². The number of hydrogen-bond donors (Lipinski definition) is 1. The zero-order valence-electron chi connectivity index (χ0n) is 8.20. The van der Waals surface area contributed by atoms with Crippen molar-refractivity contribution in [3.05, 3.63) is 0 Å². The van der Waals surface area contributed by atoms with E-state index >= 15 is 0 Å². The number of carboxylic acid groups (broad SMARTS) is 1. The first-order chi connectivity index (χ1) is 6.18. The number of fused-ring (bicyclic) bond motifs is 2. The highest BCUT2D eigenvalue weighted by Gasteiger charge is 2.39. The number of hydrogen-bond acceptors (Lipinski definition) is 1. The summed E-state index contributed by atoms with van der Waals surface area (Å²) in [4.78, 5) is 10.9. The molecule has 2 fully saturated rings. The molecule has 0 aromatic heterocycles. The Morgan fingerprint density at radius 3 is 2.23 bits per heavy atom. The van der Waals surface area contributed by atoms with Crippen LogP contribution in [0.3, 0.4) is 0 Å². The van der Waals surface area contributed by atoms with E-state index in [-0.39, 0.29) is 5.92 Å². The van der Waals surface area contributed by atoms with Gasteiger partial charge in [0, 0.05) is 0 Å². The summed E-state index contributed by atoms with van der Waals surface area (Å²) in [6.07, 6.45) is 5.73. The molecule has 74 valence electrons. The van der Waals surface area contributed by atoms with Gasteiger partial charge in [-0.05, 0) is 30.6 Å². The second-order valence-corrected chi connectivity index (χ2v) is 4.82. The second kappa shape index (κ2) is 3.32. The molecule has 2 aliphatic carbocycles. The van der Waals surface area contributed by atoms with Crippen molar-refractivity contribution in [2.45, 2.75) is 39.0 Å². The van der Waals surface area contributed by atoms with Gasteiger partial charge in [-0.25, -0.2) is 0 Å². The first-order valence-corrected chi connectivity index (χ1v) is 5.41. The fourth-order valence-electron chi connectivity index (χ4n) is 3.25. The average Bonchev–Trinajstić information content (AvgIpc) is 2.02. The molecule has 13 heavy (non-hydrogen) atoms. The highest BCUT2D eigenvalue weighted by Crippen LogP contribution is 2.46. The first-order valence-electron chi connectivity index (χ1n) is 5.41. The van der Waals surface area contributed by atoms with Gasteiger partial charge in [0.2, 0.25) is 0 Å². The van der Waals surface area contributed by atoms with Crippen LogP contribution in [0.1, 0.15) is 39.0 Å². The summed E-state index contributed by atoms with van der Waals surface area (Å²) in [6.45, 7) is 2.31. The van der Waals surface area contributed by atoms with Gasteiger partial charge in [-0.3, -0.25) is 4.79 Å². The minimum Gasteiger partial charge on any atom is -0.481 e. The molecule has 0 aromatic carbocycles. The molecule has 0 aliphatic heterocycles. The van der Waals surface area contributed by atoms with Gasteiger partial charge in [0.25, 0.3) is 0 Å². The number of rotatable bonds is 1. The van der Waals surface area contributed by atoms with Crippen LogP contribution >= 0.6 is 0 Å². The molecule has 2 nitrogen and oxygen atoms in total. The van der Waals surface area contributed by atoms with Crippen LogP contribution in [0.15, 0.2) is 0 Å². The van der Waals surface area contributed by atoms with Crippen molar-refractivity contribution in [3.8, 4) is 0 Å². The maximum atomic E-state index is 10.9. The van der Waals surface area contributed by atoms with Gasteiger partial charge >= 0.3 is 5.97 Å². The van der Waals surface area contributed by atoms with Crippen LogP contribution in [0.4, 0.5) is 0 Å². The van der Waals surface area contributed by atoms with Crippen LogP contribution in [0, 0.1) is 23.7 Å². The third kappa shape index (κ3) is 1.59. The zero-order chi connectivity index (χ0) is 9.42. The van der Waals surface area contributed by atoms with Crippen molar-refractivity contribution in [2.24, 2.45) is 23.7 Å². The predicted molar refractivity (Wildman–Crippen MR) is 50.4 cm³/mol. The summed E-state index contributed by atoms with van der Waals surface area (Å²) in [5.41, 5.74) is 0. The Kier molecular flexibility index (Phi) is 2.31. The van der Waals surface area contributed by atoms with E-state index < -0.39 is 5.97 Å². The molecular formula is C11H18O2. The molecule has 2 aliphatic rings. The molecule has 2 unspecified atom stereocenters. The molecule has 0 amide bonds. The summed E-state index contributed by atoms with van der Waals surface area (Å²) >= 11 is 0. The smallest absolute Gasteiger partial charge is 0.306 e. The summed E-state index contributed by atoms with van der Waals surface area (Å²) in [6, 6.07) is 0. The lowest BCUT2D eigenvalue weighted by Gasteiger charge is -2.43. The van der Waals surface area contributed by atoms with E-state index in [4.69, 9.17) is 5.11 Å². The van der Waals surface area contributed by atoms with Crippen molar-refractivity contribution in [1.82, 2.24) is 0 Å². The summed E-state index contributed by atoms with van der Waals surface area (Å²) in [7, 11) is 0. The number of carbonyl (C=O) groups is 1. The van der Waals surface area contributed by atoms with Crippen LogP contribution in [0.25, 0.3) is 0 Å². The summed E-state index contributed by atoms with van der Waals surface area (Å²) in [5, 5.41) is 8.98. The monoisotopic (exact) mass is 182 g/mol. The van der Waals surface area contributed by atoms with Gasteiger partial charge in [0.05, 0.1) is 5.92 Å². The SMILES string of the molecule is CC1C2CCCC1CC(C(=O)O)C2. The van der Waals surface area contributed by atoms with Crippen LogP contribution in [0.5, 0.6) is 0 Å². The Morgan fingerprint density at radius 1 is 1.23 bits per heavy atom. The minimum absolute atomic E-state index is 0.0356. The van der Waals surface area contributed by atoms with E-state index in [0.717, 1.165) is 18.8 Å². The number of carboxylic acids is 1. The molecule has 2 heteroatoms. The highest BCUT2D eigenvalue weighted by atomic mass is 16.4. The maximum Gasteiger partial charge on any atom is 0.306 e. The van der Waals surface area contributed by atoms with Crippen molar-refractivity contribution < 1.29 is 9.90 Å². The molecule has 0 radical (unpaired) electrons. The molecule has 0 spiro atoms. The van der Waals surface area contributed by atoms with E-state index in [9.17, 15) is 4.79 Å². The van der Waals surface area contributed by atoms with Crippen LogP contribution in [-0.4, -0.2) is 11.1 Å².